The van der Waals surface area contributed by atoms with Crippen molar-refractivity contribution in [1.82, 2.24) is 0 Å². The Bertz CT molecular complexity index is 832. The fourth-order valence-electron chi connectivity index (χ4n) is 3.43. The van der Waals surface area contributed by atoms with Gasteiger partial charge in [0.25, 0.3) is 0 Å². The minimum absolute atomic E-state index is 0.0169. The highest BCUT2D eigenvalue weighted by Gasteiger charge is 2.23. The van der Waals surface area contributed by atoms with Gasteiger partial charge in [-0.1, -0.05) is 31.4 Å². The van der Waals surface area contributed by atoms with Crippen molar-refractivity contribution in [2.45, 2.75) is 54.7 Å². The van der Waals surface area contributed by atoms with Gasteiger partial charge in [0, 0.05) is 6.07 Å². The van der Waals surface area contributed by atoms with Crippen LogP contribution in [0.2, 0.25) is 0 Å². The van der Waals surface area contributed by atoms with Gasteiger partial charge in [0.05, 0.1) is 9.79 Å². The van der Waals surface area contributed by atoms with E-state index in [0.717, 1.165) is 18.9 Å². The van der Waals surface area contributed by atoms with Crippen LogP contribution in [-0.2, 0) is 9.84 Å². The molecule has 1 aliphatic rings. The summed E-state index contributed by atoms with van der Waals surface area (Å²) in [5.41, 5.74) is 1.60. The zero-order valence-corrected chi connectivity index (χ0v) is 14.5. The monoisotopic (exact) mass is 346 g/mol. The van der Waals surface area contributed by atoms with Gasteiger partial charge in [-0.2, -0.15) is 0 Å². The van der Waals surface area contributed by atoms with E-state index in [9.17, 15) is 18.6 Å². The van der Waals surface area contributed by atoms with Crippen LogP contribution in [-0.4, -0.2) is 18.6 Å². The van der Waals surface area contributed by atoms with Gasteiger partial charge >= 0.3 is 0 Å². The lowest BCUT2D eigenvalue weighted by Crippen LogP contribution is -2.07. The number of aryl methyl sites for hydroxylation is 1. The van der Waals surface area contributed by atoms with Gasteiger partial charge in [-0.05, 0) is 55.0 Å². The molecule has 5 heteroatoms. The Morgan fingerprint density at radius 1 is 0.917 bits per heavy atom. The maximum absolute atomic E-state index is 12.8. The zero-order chi connectivity index (χ0) is 17.3. The molecule has 0 amide bonds. The molecule has 0 heterocycles. The highest BCUT2D eigenvalue weighted by atomic mass is 32.2. The molecular weight excluding hydrogens is 324 g/mol. The molecule has 0 spiro atoms. The van der Waals surface area contributed by atoms with Crippen molar-refractivity contribution in [1.29, 1.82) is 0 Å². The summed E-state index contributed by atoms with van der Waals surface area (Å²) in [4.78, 5) is 0.221. The smallest absolute Gasteiger partial charge is 0.206 e. The number of phenols is 2. The van der Waals surface area contributed by atoms with Crippen molar-refractivity contribution in [3.63, 3.8) is 0 Å². The number of hydrogen-bond acceptors (Lipinski definition) is 4. The van der Waals surface area contributed by atoms with Crippen molar-refractivity contribution >= 4 is 9.84 Å². The van der Waals surface area contributed by atoms with Gasteiger partial charge < -0.3 is 10.2 Å². The van der Waals surface area contributed by atoms with Crippen molar-refractivity contribution in [2.75, 3.05) is 0 Å². The molecule has 0 unspecified atom stereocenters. The summed E-state index contributed by atoms with van der Waals surface area (Å²) in [5, 5.41) is 19.1. The highest BCUT2D eigenvalue weighted by Crippen LogP contribution is 2.35. The molecule has 24 heavy (non-hydrogen) atoms. The number of sulfone groups is 1. The second-order valence-corrected chi connectivity index (χ2v) is 8.43. The van der Waals surface area contributed by atoms with Crippen LogP contribution in [0.25, 0.3) is 0 Å². The number of hydrogen-bond donors (Lipinski definition) is 2. The second-order valence-electron chi connectivity index (χ2n) is 6.51. The van der Waals surface area contributed by atoms with Gasteiger partial charge in [-0.15, -0.1) is 0 Å². The molecule has 0 radical (unpaired) electrons. The number of rotatable bonds is 3. The molecular formula is C19H22O4S. The average molecular weight is 346 g/mol. The van der Waals surface area contributed by atoms with Crippen LogP contribution in [0.4, 0.5) is 0 Å². The topological polar surface area (TPSA) is 74.6 Å². The molecule has 0 atom stereocenters. The minimum atomic E-state index is -3.73. The molecule has 4 nitrogen and oxygen atoms in total. The molecule has 1 saturated carbocycles. The fraction of sp³-hybridized carbons (Fsp3) is 0.368. The lowest BCUT2D eigenvalue weighted by molar-refractivity contribution is 0.401. The molecule has 2 N–H and O–H groups in total. The Hall–Kier alpha value is -2.01. The minimum Gasteiger partial charge on any atom is -0.504 e. The summed E-state index contributed by atoms with van der Waals surface area (Å²) in [6, 6.07) is 9.45. The Morgan fingerprint density at radius 3 is 2.12 bits per heavy atom. The van der Waals surface area contributed by atoms with E-state index in [-0.39, 0.29) is 15.5 Å². The van der Waals surface area contributed by atoms with Crippen molar-refractivity contribution in [3.8, 4) is 11.5 Å². The van der Waals surface area contributed by atoms with Crippen LogP contribution >= 0.6 is 0 Å². The van der Waals surface area contributed by atoms with Crippen LogP contribution in [0.3, 0.4) is 0 Å². The van der Waals surface area contributed by atoms with Crippen LogP contribution in [0.5, 0.6) is 11.5 Å². The van der Waals surface area contributed by atoms with E-state index < -0.39 is 15.6 Å². The lowest BCUT2D eigenvalue weighted by atomic mass is 9.84. The van der Waals surface area contributed by atoms with Gasteiger partial charge in [-0.25, -0.2) is 8.42 Å². The van der Waals surface area contributed by atoms with E-state index in [1.54, 1.807) is 19.1 Å². The molecule has 0 aliphatic heterocycles. The third kappa shape index (κ3) is 3.13. The first-order valence-corrected chi connectivity index (χ1v) is 9.75. The van der Waals surface area contributed by atoms with Crippen molar-refractivity contribution < 1.29 is 18.6 Å². The van der Waals surface area contributed by atoms with Crippen LogP contribution < -0.4 is 0 Å². The average Bonchev–Trinajstić information content (AvgIpc) is 2.59. The summed E-state index contributed by atoms with van der Waals surface area (Å²) in [6.45, 7) is 1.60. The Balaban J connectivity index is 1.94. The Labute approximate surface area is 142 Å². The Morgan fingerprint density at radius 2 is 1.50 bits per heavy atom. The number of benzene rings is 2. The van der Waals surface area contributed by atoms with Crippen LogP contribution in [0.1, 0.15) is 49.1 Å². The fourth-order valence-corrected chi connectivity index (χ4v) is 4.93. The molecule has 1 fully saturated rings. The molecule has 128 valence electrons. The standard InChI is InChI=1S/C19H22O4S/c1-13-11-17(20)18(21)12-19(13)24(22,23)16-9-7-15(8-10-16)14-5-3-2-4-6-14/h7-12,14,20-21H,2-6H2,1H3. The normalized spacial score (nSPS) is 16.2. The zero-order valence-electron chi connectivity index (χ0n) is 13.7. The van der Waals surface area contributed by atoms with E-state index in [1.807, 2.05) is 12.1 Å². The SMILES string of the molecule is Cc1cc(O)c(O)cc1S(=O)(=O)c1ccc(C2CCCCC2)cc1. The molecule has 2 aromatic rings. The molecule has 2 aromatic carbocycles. The predicted molar refractivity (Wildman–Crippen MR) is 92.2 cm³/mol. The summed E-state index contributed by atoms with van der Waals surface area (Å²) >= 11 is 0. The first kappa shape index (κ1) is 16.8. The first-order chi connectivity index (χ1) is 11.4. The van der Waals surface area contributed by atoms with Gasteiger partial charge in [0.2, 0.25) is 9.84 Å². The van der Waals surface area contributed by atoms with E-state index in [4.69, 9.17) is 0 Å². The summed E-state index contributed by atoms with van der Waals surface area (Å²) < 4.78 is 25.6. The summed E-state index contributed by atoms with van der Waals surface area (Å²) in [5.74, 6) is -0.230. The van der Waals surface area contributed by atoms with E-state index >= 15 is 0 Å². The molecule has 3 rings (SSSR count). The molecule has 0 aromatic heterocycles. The largest absolute Gasteiger partial charge is 0.504 e. The molecule has 0 bridgehead atoms. The lowest BCUT2D eigenvalue weighted by Gasteiger charge is -2.22. The third-order valence-electron chi connectivity index (χ3n) is 4.83. The van der Waals surface area contributed by atoms with E-state index in [2.05, 4.69) is 0 Å². The first-order valence-electron chi connectivity index (χ1n) is 8.27. The summed E-state index contributed by atoms with van der Waals surface area (Å²) in [6.07, 6.45) is 6.08. The van der Waals surface area contributed by atoms with Gasteiger partial charge in [-0.3, -0.25) is 0 Å². The maximum Gasteiger partial charge on any atom is 0.206 e. The second kappa shape index (κ2) is 6.48. The van der Waals surface area contributed by atoms with Crippen LogP contribution in [0, 0.1) is 6.92 Å². The third-order valence-corrected chi connectivity index (χ3v) is 6.74. The predicted octanol–water partition coefficient (Wildman–Crippen LogP) is 4.29. The number of aromatic hydroxyl groups is 2. The van der Waals surface area contributed by atoms with E-state index in [1.165, 1.54) is 30.9 Å². The highest BCUT2D eigenvalue weighted by molar-refractivity contribution is 7.91. The number of phenolic OH excluding ortho intramolecular Hbond substituents is 2. The molecule has 0 saturated heterocycles. The Kier molecular flexibility index (Phi) is 4.54. The quantitative estimate of drug-likeness (QED) is 0.813. The van der Waals surface area contributed by atoms with Gasteiger partial charge in [0.15, 0.2) is 11.5 Å². The van der Waals surface area contributed by atoms with Crippen molar-refractivity contribution in [3.05, 3.63) is 47.5 Å². The van der Waals surface area contributed by atoms with Gasteiger partial charge in [0.1, 0.15) is 0 Å². The molecule has 1 aliphatic carbocycles. The summed E-state index contributed by atoms with van der Waals surface area (Å²) in [7, 11) is -3.73. The van der Waals surface area contributed by atoms with Crippen molar-refractivity contribution in [2.24, 2.45) is 0 Å². The van der Waals surface area contributed by atoms with Crippen LogP contribution in [0.15, 0.2) is 46.2 Å². The van der Waals surface area contributed by atoms with E-state index in [0.29, 0.717) is 11.5 Å². The maximum atomic E-state index is 12.8.